The van der Waals surface area contributed by atoms with Gasteiger partial charge in [0.1, 0.15) is 12.3 Å². The Hall–Kier alpha value is -2.50. The molecule has 0 aliphatic carbocycles. The summed E-state index contributed by atoms with van der Waals surface area (Å²) >= 11 is 0. The van der Waals surface area contributed by atoms with Crippen LogP contribution in [0.2, 0.25) is 0 Å². The average molecular weight is 315 g/mol. The minimum atomic E-state index is -0.0881. The maximum atomic E-state index is 12.2. The van der Waals surface area contributed by atoms with Gasteiger partial charge < -0.3 is 9.64 Å². The third-order valence-corrected chi connectivity index (χ3v) is 4.19. The van der Waals surface area contributed by atoms with Crippen molar-refractivity contribution >= 4 is 17.5 Å². The molecule has 2 aliphatic rings. The smallest absolute Gasteiger partial charge is 0.245 e. The van der Waals surface area contributed by atoms with Gasteiger partial charge in [0.2, 0.25) is 11.8 Å². The van der Waals surface area contributed by atoms with Crippen LogP contribution in [0.25, 0.3) is 5.70 Å². The molecule has 23 heavy (non-hydrogen) atoms. The second kappa shape index (κ2) is 6.73. The Morgan fingerprint density at radius 2 is 1.91 bits per heavy atom. The quantitative estimate of drug-likeness (QED) is 0.912. The molecule has 1 aromatic carbocycles. The van der Waals surface area contributed by atoms with E-state index in [2.05, 4.69) is 5.43 Å². The Balaban J connectivity index is 1.67. The highest BCUT2D eigenvalue weighted by Crippen LogP contribution is 2.20. The van der Waals surface area contributed by atoms with Crippen molar-refractivity contribution in [3.05, 3.63) is 35.9 Å². The third kappa shape index (κ3) is 3.47. The predicted octanol–water partition coefficient (Wildman–Crippen LogP) is 1.40. The number of ether oxygens (including phenoxy) is 1. The van der Waals surface area contributed by atoms with Crippen LogP contribution in [0.15, 0.2) is 30.3 Å². The van der Waals surface area contributed by atoms with Crippen molar-refractivity contribution in [3.63, 3.8) is 0 Å². The predicted molar refractivity (Wildman–Crippen MR) is 86.3 cm³/mol. The van der Waals surface area contributed by atoms with E-state index in [-0.39, 0.29) is 18.4 Å². The minimum Gasteiger partial charge on any atom is -0.497 e. The normalized spacial score (nSPS) is 17.8. The fraction of sp³-hybridized carbons (Fsp3) is 0.412. The van der Waals surface area contributed by atoms with E-state index in [1.165, 1.54) is 5.01 Å². The number of carbonyl (C=O) groups excluding carboxylic acids is 2. The number of rotatable bonds is 4. The summed E-state index contributed by atoms with van der Waals surface area (Å²) in [6.07, 6.45) is 4.23. The van der Waals surface area contributed by atoms with Crippen LogP contribution >= 0.6 is 0 Å². The third-order valence-electron chi connectivity index (χ3n) is 4.19. The van der Waals surface area contributed by atoms with Crippen molar-refractivity contribution in [2.75, 3.05) is 26.7 Å². The highest BCUT2D eigenvalue weighted by molar-refractivity contribution is 5.88. The number of hydrazine groups is 1. The Morgan fingerprint density at radius 3 is 2.57 bits per heavy atom. The van der Waals surface area contributed by atoms with E-state index in [1.54, 1.807) is 7.11 Å². The van der Waals surface area contributed by atoms with Gasteiger partial charge in [-0.25, -0.2) is 5.01 Å². The van der Waals surface area contributed by atoms with E-state index in [0.29, 0.717) is 6.42 Å². The number of hydrogen-bond donors (Lipinski definition) is 1. The first-order valence-electron chi connectivity index (χ1n) is 7.87. The molecule has 1 N–H and O–H groups in total. The maximum Gasteiger partial charge on any atom is 0.245 e. The molecule has 2 amide bonds. The van der Waals surface area contributed by atoms with E-state index in [0.717, 1.165) is 42.9 Å². The highest BCUT2D eigenvalue weighted by atomic mass is 16.5. The molecule has 2 aliphatic heterocycles. The highest BCUT2D eigenvalue weighted by Gasteiger charge is 2.25. The van der Waals surface area contributed by atoms with Crippen molar-refractivity contribution in [2.45, 2.75) is 19.3 Å². The van der Waals surface area contributed by atoms with Crippen LogP contribution in [0, 0.1) is 0 Å². The van der Waals surface area contributed by atoms with Gasteiger partial charge in [0, 0.05) is 19.5 Å². The monoisotopic (exact) mass is 315 g/mol. The zero-order valence-electron chi connectivity index (χ0n) is 13.2. The Kier molecular flexibility index (Phi) is 4.50. The molecule has 0 bridgehead atoms. The van der Waals surface area contributed by atoms with Gasteiger partial charge in [0.05, 0.1) is 12.8 Å². The van der Waals surface area contributed by atoms with Crippen molar-refractivity contribution in [3.8, 4) is 5.75 Å². The minimum absolute atomic E-state index is 0.000620. The standard InChI is InChI=1S/C17H21N3O3/c1-23-14-6-4-13(5-7-14)15-8-9-16(21)20(18-15)12-17(22)19-10-2-3-11-19/h4-8,18H,2-3,9-12H2,1H3. The van der Waals surface area contributed by atoms with Gasteiger partial charge in [-0.3, -0.25) is 15.0 Å². The van der Waals surface area contributed by atoms with E-state index < -0.39 is 0 Å². The summed E-state index contributed by atoms with van der Waals surface area (Å²) in [4.78, 5) is 26.1. The summed E-state index contributed by atoms with van der Waals surface area (Å²) < 4.78 is 5.15. The first kappa shape index (κ1) is 15.4. The Bertz CT molecular complexity index is 618. The summed E-state index contributed by atoms with van der Waals surface area (Å²) in [5.74, 6) is 0.691. The SMILES string of the molecule is COc1ccc(C2=CCC(=O)N(CC(=O)N3CCCC3)N2)cc1. The van der Waals surface area contributed by atoms with E-state index in [4.69, 9.17) is 4.74 Å². The van der Waals surface area contributed by atoms with Crippen LogP contribution in [0.1, 0.15) is 24.8 Å². The summed E-state index contributed by atoms with van der Waals surface area (Å²) in [6, 6.07) is 7.59. The molecule has 0 spiro atoms. The number of carbonyl (C=O) groups is 2. The largest absolute Gasteiger partial charge is 0.497 e. The number of methoxy groups -OCH3 is 1. The summed E-state index contributed by atoms with van der Waals surface area (Å²) in [5.41, 5.74) is 4.86. The number of benzene rings is 1. The van der Waals surface area contributed by atoms with Crippen LogP contribution in [0.3, 0.4) is 0 Å². The number of nitrogens with zero attached hydrogens (tertiary/aromatic N) is 2. The van der Waals surface area contributed by atoms with E-state index in [1.807, 2.05) is 35.2 Å². The van der Waals surface area contributed by atoms with Gasteiger partial charge in [-0.05, 0) is 48.7 Å². The average Bonchev–Trinajstić information content (AvgIpc) is 3.11. The molecule has 1 saturated heterocycles. The molecular weight excluding hydrogens is 294 g/mol. The second-order valence-electron chi connectivity index (χ2n) is 5.73. The lowest BCUT2D eigenvalue weighted by Crippen LogP contribution is -2.49. The lowest BCUT2D eigenvalue weighted by atomic mass is 10.1. The second-order valence-corrected chi connectivity index (χ2v) is 5.73. The van der Waals surface area contributed by atoms with Crippen molar-refractivity contribution in [1.29, 1.82) is 0 Å². The van der Waals surface area contributed by atoms with Gasteiger partial charge in [-0.1, -0.05) is 0 Å². The Morgan fingerprint density at radius 1 is 1.22 bits per heavy atom. The summed E-state index contributed by atoms with van der Waals surface area (Å²) in [7, 11) is 1.62. The van der Waals surface area contributed by atoms with Crippen molar-refractivity contribution in [2.24, 2.45) is 0 Å². The summed E-state index contributed by atoms with van der Waals surface area (Å²) in [6.45, 7) is 1.66. The lowest BCUT2D eigenvalue weighted by molar-refractivity contribution is -0.141. The van der Waals surface area contributed by atoms with Gasteiger partial charge in [0.15, 0.2) is 0 Å². The van der Waals surface area contributed by atoms with E-state index >= 15 is 0 Å². The summed E-state index contributed by atoms with van der Waals surface area (Å²) in [5, 5.41) is 1.42. The maximum absolute atomic E-state index is 12.2. The topological polar surface area (TPSA) is 61.9 Å². The first-order valence-corrected chi connectivity index (χ1v) is 7.87. The van der Waals surface area contributed by atoms with Gasteiger partial charge in [-0.15, -0.1) is 0 Å². The number of amides is 2. The van der Waals surface area contributed by atoms with Crippen LogP contribution in [-0.4, -0.2) is 48.5 Å². The Labute approximate surface area is 135 Å². The molecule has 0 aromatic heterocycles. The molecule has 6 heteroatoms. The lowest BCUT2D eigenvalue weighted by Gasteiger charge is -2.30. The molecule has 6 nitrogen and oxygen atoms in total. The first-order chi connectivity index (χ1) is 11.2. The molecule has 0 radical (unpaired) electrons. The zero-order valence-corrected chi connectivity index (χ0v) is 13.2. The molecular formula is C17H21N3O3. The number of likely N-dealkylation sites (tertiary alicyclic amines) is 1. The zero-order chi connectivity index (χ0) is 16.2. The van der Waals surface area contributed by atoms with E-state index in [9.17, 15) is 9.59 Å². The molecule has 122 valence electrons. The fourth-order valence-electron chi connectivity index (χ4n) is 2.84. The van der Waals surface area contributed by atoms with Gasteiger partial charge in [0.25, 0.3) is 0 Å². The van der Waals surface area contributed by atoms with Crippen LogP contribution in [-0.2, 0) is 9.59 Å². The molecule has 3 rings (SSSR count). The van der Waals surface area contributed by atoms with Gasteiger partial charge in [-0.2, -0.15) is 0 Å². The molecule has 0 saturated carbocycles. The molecule has 1 aromatic rings. The molecule has 1 fully saturated rings. The number of nitrogens with one attached hydrogen (secondary N) is 1. The molecule has 0 unspecified atom stereocenters. The molecule has 2 heterocycles. The van der Waals surface area contributed by atoms with Crippen molar-refractivity contribution < 1.29 is 14.3 Å². The molecule has 0 atom stereocenters. The number of hydrogen-bond acceptors (Lipinski definition) is 4. The van der Waals surface area contributed by atoms with Crippen LogP contribution in [0.4, 0.5) is 0 Å². The fourth-order valence-corrected chi connectivity index (χ4v) is 2.84. The van der Waals surface area contributed by atoms with Gasteiger partial charge >= 0.3 is 0 Å². The van der Waals surface area contributed by atoms with Crippen LogP contribution in [0.5, 0.6) is 5.75 Å². The van der Waals surface area contributed by atoms with Crippen LogP contribution < -0.4 is 10.2 Å². The van der Waals surface area contributed by atoms with Crippen molar-refractivity contribution in [1.82, 2.24) is 15.3 Å².